The van der Waals surface area contributed by atoms with Crippen LogP contribution in [0.5, 0.6) is 0 Å². The molecular weight excluding hydrogens is 361 g/mol. The normalized spacial score (nSPS) is 12.8. The Bertz CT molecular complexity index is 836. The minimum atomic E-state index is -4.55. The van der Waals surface area contributed by atoms with E-state index in [0.29, 0.717) is 17.8 Å². The number of H-pyrrole nitrogens is 1. The van der Waals surface area contributed by atoms with Gasteiger partial charge in [0.25, 0.3) is 5.91 Å². The molecule has 2 heterocycles. The highest BCUT2D eigenvalue weighted by Crippen LogP contribution is 2.28. The molecule has 146 valence electrons. The Hall–Kier alpha value is -2.91. The van der Waals surface area contributed by atoms with Crippen LogP contribution in [-0.2, 0) is 6.18 Å². The maximum atomic E-state index is 12.7. The van der Waals surface area contributed by atoms with Gasteiger partial charge in [-0.05, 0) is 24.5 Å². The quantitative estimate of drug-likeness (QED) is 0.559. The third-order valence-electron chi connectivity index (χ3n) is 3.27. The molecule has 0 saturated carbocycles. The fourth-order valence-corrected chi connectivity index (χ4v) is 1.96. The van der Waals surface area contributed by atoms with Crippen LogP contribution in [0.4, 0.5) is 19.0 Å². The zero-order chi connectivity index (χ0) is 20.2. The number of carbonyl (C=O) groups is 1. The summed E-state index contributed by atoms with van der Waals surface area (Å²) in [6.45, 7) is 8.05. The van der Waals surface area contributed by atoms with Crippen molar-refractivity contribution in [3.05, 3.63) is 41.3 Å². The lowest BCUT2D eigenvalue weighted by atomic mass is 9.97. The maximum absolute atomic E-state index is 12.7. The van der Waals surface area contributed by atoms with Crippen LogP contribution in [-0.4, -0.2) is 33.6 Å². The fourth-order valence-electron chi connectivity index (χ4n) is 1.96. The molecule has 0 aliphatic heterocycles. The van der Waals surface area contributed by atoms with Crippen molar-refractivity contribution >= 4 is 17.7 Å². The van der Waals surface area contributed by atoms with Gasteiger partial charge >= 0.3 is 6.18 Å². The maximum Gasteiger partial charge on any atom is 0.432 e. The van der Waals surface area contributed by atoms with E-state index in [0.717, 1.165) is 6.07 Å². The van der Waals surface area contributed by atoms with Crippen LogP contribution >= 0.6 is 0 Å². The summed E-state index contributed by atoms with van der Waals surface area (Å²) >= 11 is 0. The highest BCUT2D eigenvalue weighted by molar-refractivity contribution is 6.06. The predicted octanol–water partition coefficient (Wildman–Crippen LogP) is 3.38. The van der Waals surface area contributed by atoms with Crippen LogP contribution in [0.25, 0.3) is 0 Å². The van der Waals surface area contributed by atoms with Crippen molar-refractivity contribution < 1.29 is 18.0 Å². The number of nitrogens with zero attached hydrogens (tertiary/aromatic N) is 3. The minimum Gasteiger partial charge on any atom is -0.355 e. The second kappa shape index (κ2) is 7.77. The molecule has 0 bridgehead atoms. The van der Waals surface area contributed by atoms with Gasteiger partial charge in [0.15, 0.2) is 5.82 Å². The zero-order valence-corrected chi connectivity index (χ0v) is 15.4. The Morgan fingerprint density at radius 1 is 1.26 bits per heavy atom. The van der Waals surface area contributed by atoms with E-state index in [1.807, 2.05) is 25.9 Å². The second-order valence-corrected chi connectivity index (χ2v) is 7.16. The molecule has 2 aromatic heterocycles. The number of aliphatic imine (C=N–C) groups is 1. The molecule has 3 N–H and O–H groups in total. The second-order valence-electron chi connectivity index (χ2n) is 7.16. The number of rotatable bonds is 3. The van der Waals surface area contributed by atoms with E-state index in [9.17, 15) is 18.0 Å². The topological polar surface area (TPSA) is 95.1 Å². The van der Waals surface area contributed by atoms with Gasteiger partial charge in [0.05, 0.1) is 0 Å². The van der Waals surface area contributed by atoms with Gasteiger partial charge in [-0.1, -0.05) is 20.8 Å². The number of anilines is 1. The zero-order valence-electron chi connectivity index (χ0n) is 15.4. The molecule has 0 aliphatic carbocycles. The van der Waals surface area contributed by atoms with Gasteiger partial charge in [-0.25, -0.2) is 0 Å². The molecule has 0 atom stereocenters. The summed E-state index contributed by atoms with van der Waals surface area (Å²) in [5.74, 6) is -0.665. The minimum absolute atomic E-state index is 0.00427. The van der Waals surface area contributed by atoms with Crippen molar-refractivity contribution in [2.24, 2.45) is 10.4 Å². The molecule has 2 rings (SSSR count). The molecule has 10 heteroatoms. The molecule has 0 saturated heterocycles. The fraction of sp³-hybridized carbons (Fsp3) is 0.412. The van der Waals surface area contributed by atoms with Crippen LogP contribution in [0.2, 0.25) is 0 Å². The van der Waals surface area contributed by atoms with E-state index >= 15 is 0 Å². The molecule has 27 heavy (non-hydrogen) atoms. The first kappa shape index (κ1) is 20.4. The summed E-state index contributed by atoms with van der Waals surface area (Å²) in [5, 5.41) is 11.0. The highest BCUT2D eigenvalue weighted by Gasteiger charge is 2.33. The average molecular weight is 382 g/mol. The van der Waals surface area contributed by atoms with Gasteiger partial charge in [0.2, 0.25) is 5.96 Å². The molecule has 1 amide bonds. The van der Waals surface area contributed by atoms with Crippen molar-refractivity contribution in [1.82, 2.24) is 20.5 Å². The Labute approximate surface area is 154 Å². The summed E-state index contributed by atoms with van der Waals surface area (Å²) in [6, 6.07) is 3.88. The Kier molecular flexibility index (Phi) is 5.87. The highest BCUT2D eigenvalue weighted by atomic mass is 19.4. The molecule has 0 aliphatic rings. The molecule has 0 aromatic carbocycles. The van der Waals surface area contributed by atoms with E-state index in [4.69, 9.17) is 0 Å². The smallest absolute Gasteiger partial charge is 0.355 e. The standard InChI is InChI=1S/C17H21F3N6O/c1-10-7-11(5-6-21-10)14(27)24-15(22-9-16(2,3)4)23-13-8-12(25-26-13)17(18,19)20/h5-8H,9H2,1-4H3,(H3,22,23,24,25,26,27). The molecule has 7 nitrogen and oxygen atoms in total. The lowest BCUT2D eigenvalue weighted by Gasteiger charge is -2.20. The van der Waals surface area contributed by atoms with Gasteiger partial charge < -0.3 is 10.6 Å². The monoisotopic (exact) mass is 382 g/mol. The van der Waals surface area contributed by atoms with Crippen LogP contribution in [0.3, 0.4) is 0 Å². The number of aromatic amines is 1. The van der Waals surface area contributed by atoms with Crippen LogP contribution in [0.15, 0.2) is 29.4 Å². The van der Waals surface area contributed by atoms with E-state index in [1.54, 1.807) is 13.0 Å². The lowest BCUT2D eigenvalue weighted by Crippen LogP contribution is -2.37. The number of halogens is 3. The summed E-state index contributed by atoms with van der Waals surface area (Å²) in [5.41, 5.74) is -0.189. The number of carbonyl (C=O) groups excluding carboxylic acids is 1. The first-order valence-electron chi connectivity index (χ1n) is 8.13. The van der Waals surface area contributed by atoms with Crippen molar-refractivity contribution in [1.29, 1.82) is 0 Å². The molecule has 0 spiro atoms. The van der Waals surface area contributed by atoms with Gasteiger partial charge in [-0.2, -0.15) is 23.3 Å². The van der Waals surface area contributed by atoms with Crippen molar-refractivity contribution in [3.63, 3.8) is 0 Å². The molecule has 0 radical (unpaired) electrons. The number of guanidine groups is 1. The third-order valence-corrected chi connectivity index (χ3v) is 3.27. The molecular formula is C17H21F3N6O. The predicted molar refractivity (Wildman–Crippen MR) is 95.4 cm³/mol. The van der Waals surface area contributed by atoms with E-state index < -0.39 is 17.8 Å². The van der Waals surface area contributed by atoms with E-state index in [1.165, 1.54) is 12.3 Å². The number of hydrogen-bond acceptors (Lipinski definition) is 3. The molecule has 2 aromatic rings. The number of nitrogens with one attached hydrogen (secondary N) is 3. The number of aryl methyl sites for hydroxylation is 1. The first-order valence-corrected chi connectivity index (χ1v) is 8.13. The summed E-state index contributed by atoms with van der Waals surface area (Å²) in [6.07, 6.45) is -3.06. The van der Waals surface area contributed by atoms with Crippen LogP contribution < -0.4 is 10.6 Å². The summed E-state index contributed by atoms with van der Waals surface area (Å²) in [7, 11) is 0. The van der Waals surface area contributed by atoms with Crippen molar-refractivity contribution in [3.8, 4) is 0 Å². The van der Waals surface area contributed by atoms with Crippen molar-refractivity contribution in [2.75, 3.05) is 11.9 Å². The third kappa shape index (κ3) is 6.39. The van der Waals surface area contributed by atoms with Crippen molar-refractivity contribution in [2.45, 2.75) is 33.9 Å². The number of hydrogen-bond donors (Lipinski definition) is 3. The Morgan fingerprint density at radius 2 is 1.96 bits per heavy atom. The van der Waals surface area contributed by atoms with Crippen LogP contribution in [0.1, 0.15) is 42.5 Å². The molecule has 0 unspecified atom stereocenters. The van der Waals surface area contributed by atoms with Gasteiger partial charge in [0.1, 0.15) is 5.69 Å². The van der Waals surface area contributed by atoms with Crippen LogP contribution in [0, 0.1) is 12.3 Å². The SMILES string of the molecule is Cc1cc(C(=O)/N=C(/NCC(C)(C)C)Nc2cc(C(F)(F)F)[nH]n2)ccn1. The van der Waals surface area contributed by atoms with E-state index in [2.05, 4.69) is 25.7 Å². The largest absolute Gasteiger partial charge is 0.432 e. The molecule has 0 fully saturated rings. The number of alkyl halides is 3. The van der Waals surface area contributed by atoms with Gasteiger partial charge in [-0.3, -0.25) is 14.9 Å². The summed E-state index contributed by atoms with van der Waals surface area (Å²) in [4.78, 5) is 20.3. The first-order chi connectivity index (χ1) is 12.4. The number of pyridine rings is 1. The van der Waals surface area contributed by atoms with Gasteiger partial charge in [0, 0.05) is 30.1 Å². The Morgan fingerprint density at radius 3 is 2.52 bits per heavy atom. The number of amides is 1. The number of aromatic nitrogens is 3. The van der Waals surface area contributed by atoms with E-state index in [-0.39, 0.29) is 17.2 Å². The lowest BCUT2D eigenvalue weighted by molar-refractivity contribution is -0.141. The van der Waals surface area contributed by atoms with Gasteiger partial charge in [-0.15, -0.1) is 0 Å². The average Bonchev–Trinajstić information content (AvgIpc) is 3.00. The summed E-state index contributed by atoms with van der Waals surface area (Å²) < 4.78 is 38.1. The Balaban J connectivity index is 2.25.